The lowest BCUT2D eigenvalue weighted by molar-refractivity contribution is -0.136. The number of amides is 2. The van der Waals surface area contributed by atoms with Crippen LogP contribution in [0.3, 0.4) is 0 Å². The van der Waals surface area contributed by atoms with E-state index in [1.807, 2.05) is 24.3 Å². The highest BCUT2D eigenvalue weighted by Gasteiger charge is 2.44. The largest absolute Gasteiger partial charge is 0.465 e. The molecular formula is C27H29N3O6S2. The number of hydrogen-bond donors (Lipinski definition) is 1. The van der Waals surface area contributed by atoms with Gasteiger partial charge in [0, 0.05) is 31.6 Å². The standard InChI is InChI=1S/C27H29N3O6S2/c1-28(17-25(31)29(2)21-11-8-19(9-12-21)27(33)36-3)26(32)24-15-22(37)16-30(24)38(34,35)23-13-10-18-6-4-5-7-20(18)14-23/h4-14,22,24,37H,15-17H2,1-3H3. The Hall–Kier alpha value is -3.41. The highest BCUT2D eigenvalue weighted by atomic mass is 32.2. The second-order valence-corrected chi connectivity index (χ2v) is 11.8. The summed E-state index contributed by atoms with van der Waals surface area (Å²) in [4.78, 5) is 40.7. The predicted molar refractivity (Wildman–Crippen MR) is 148 cm³/mol. The van der Waals surface area contributed by atoms with Crippen molar-refractivity contribution in [2.45, 2.75) is 22.6 Å². The molecule has 0 aromatic heterocycles. The van der Waals surface area contributed by atoms with Gasteiger partial charge in [-0.15, -0.1) is 0 Å². The van der Waals surface area contributed by atoms with Gasteiger partial charge < -0.3 is 14.5 Å². The van der Waals surface area contributed by atoms with Crippen LogP contribution in [0.2, 0.25) is 0 Å². The predicted octanol–water partition coefficient (Wildman–Crippen LogP) is 2.81. The monoisotopic (exact) mass is 555 g/mol. The first-order chi connectivity index (χ1) is 18.0. The molecule has 1 saturated heterocycles. The Morgan fingerprint density at radius 2 is 1.66 bits per heavy atom. The van der Waals surface area contributed by atoms with E-state index in [0.717, 1.165) is 10.8 Å². The highest BCUT2D eigenvalue weighted by Crippen LogP contribution is 2.31. The first-order valence-electron chi connectivity index (χ1n) is 11.9. The summed E-state index contributed by atoms with van der Waals surface area (Å²) in [7, 11) is 0.329. The second-order valence-electron chi connectivity index (χ2n) is 9.17. The van der Waals surface area contributed by atoms with Crippen molar-refractivity contribution in [1.82, 2.24) is 9.21 Å². The lowest BCUT2D eigenvalue weighted by Gasteiger charge is -2.28. The van der Waals surface area contributed by atoms with E-state index in [4.69, 9.17) is 0 Å². The fourth-order valence-corrected chi connectivity index (χ4v) is 6.62. The van der Waals surface area contributed by atoms with Crippen LogP contribution in [0.25, 0.3) is 10.8 Å². The number of fused-ring (bicyclic) bond motifs is 1. The number of ether oxygens (including phenoxy) is 1. The molecule has 9 nitrogen and oxygen atoms in total. The zero-order valence-corrected chi connectivity index (χ0v) is 23.0. The maximum atomic E-state index is 13.6. The molecule has 2 unspecified atom stereocenters. The van der Waals surface area contributed by atoms with Gasteiger partial charge in [0.2, 0.25) is 21.8 Å². The van der Waals surface area contributed by atoms with E-state index < -0.39 is 27.9 Å². The Morgan fingerprint density at radius 1 is 1.00 bits per heavy atom. The topological polar surface area (TPSA) is 104 Å². The summed E-state index contributed by atoms with van der Waals surface area (Å²) in [6.45, 7) is -0.172. The lowest BCUT2D eigenvalue weighted by Crippen LogP contribution is -2.49. The third-order valence-electron chi connectivity index (χ3n) is 6.64. The zero-order valence-electron chi connectivity index (χ0n) is 21.3. The van der Waals surface area contributed by atoms with Crippen molar-refractivity contribution in [2.24, 2.45) is 0 Å². The number of hydrogen-bond acceptors (Lipinski definition) is 7. The number of esters is 1. The molecule has 1 heterocycles. The van der Waals surface area contributed by atoms with E-state index in [-0.39, 0.29) is 35.6 Å². The molecule has 2 atom stereocenters. The SMILES string of the molecule is COC(=O)c1ccc(N(C)C(=O)CN(C)C(=O)C2CC(S)CN2S(=O)(=O)c2ccc3ccccc3c2)cc1. The Balaban J connectivity index is 1.49. The number of benzene rings is 3. The first kappa shape index (κ1) is 27.6. The Morgan fingerprint density at radius 3 is 2.32 bits per heavy atom. The van der Waals surface area contributed by atoms with Crippen LogP contribution in [-0.4, -0.2) is 81.0 Å². The number of thiol groups is 1. The summed E-state index contributed by atoms with van der Waals surface area (Å²) < 4.78 is 33.0. The summed E-state index contributed by atoms with van der Waals surface area (Å²) in [5.74, 6) is -1.34. The molecule has 1 aliphatic heterocycles. The van der Waals surface area contributed by atoms with E-state index >= 15 is 0 Å². The van der Waals surface area contributed by atoms with E-state index in [1.54, 1.807) is 49.5 Å². The lowest BCUT2D eigenvalue weighted by atomic mass is 10.1. The van der Waals surface area contributed by atoms with Crippen molar-refractivity contribution in [2.75, 3.05) is 39.2 Å². The van der Waals surface area contributed by atoms with Gasteiger partial charge in [-0.3, -0.25) is 9.59 Å². The smallest absolute Gasteiger partial charge is 0.337 e. The third kappa shape index (κ3) is 5.54. The minimum atomic E-state index is -3.99. The van der Waals surface area contributed by atoms with Crippen molar-refractivity contribution >= 4 is 56.9 Å². The molecule has 0 N–H and O–H groups in total. The summed E-state index contributed by atoms with van der Waals surface area (Å²) in [5, 5.41) is 1.37. The van der Waals surface area contributed by atoms with Crippen molar-refractivity contribution < 1.29 is 27.5 Å². The van der Waals surface area contributed by atoms with Gasteiger partial charge in [-0.25, -0.2) is 13.2 Å². The van der Waals surface area contributed by atoms with Gasteiger partial charge >= 0.3 is 5.97 Å². The molecule has 3 aromatic carbocycles. The molecule has 4 rings (SSSR count). The van der Waals surface area contributed by atoms with Gasteiger partial charge in [0.1, 0.15) is 6.04 Å². The maximum Gasteiger partial charge on any atom is 0.337 e. The van der Waals surface area contributed by atoms with Crippen LogP contribution < -0.4 is 4.90 Å². The summed E-state index contributed by atoms with van der Waals surface area (Å²) in [5.41, 5.74) is 0.875. The van der Waals surface area contributed by atoms with Crippen LogP contribution in [0.1, 0.15) is 16.8 Å². The van der Waals surface area contributed by atoms with Crippen LogP contribution in [0.15, 0.2) is 71.6 Å². The van der Waals surface area contributed by atoms with Gasteiger partial charge in [0.15, 0.2) is 0 Å². The number of likely N-dealkylation sites (N-methyl/N-ethyl adjacent to an activating group) is 2. The molecule has 0 bridgehead atoms. The average molecular weight is 556 g/mol. The van der Waals surface area contributed by atoms with Crippen molar-refractivity contribution in [3.8, 4) is 0 Å². The molecule has 0 saturated carbocycles. The molecule has 11 heteroatoms. The average Bonchev–Trinajstić information content (AvgIpc) is 3.33. The number of nitrogens with zero attached hydrogens (tertiary/aromatic N) is 3. The first-order valence-corrected chi connectivity index (χ1v) is 13.9. The maximum absolute atomic E-state index is 13.6. The van der Waals surface area contributed by atoms with Crippen molar-refractivity contribution in [3.63, 3.8) is 0 Å². The molecule has 0 aliphatic carbocycles. The molecule has 1 aliphatic rings. The molecule has 1 fully saturated rings. The summed E-state index contributed by atoms with van der Waals surface area (Å²) in [6.07, 6.45) is 0.234. The van der Waals surface area contributed by atoms with E-state index in [0.29, 0.717) is 11.3 Å². The number of carbonyl (C=O) groups is 3. The Bertz CT molecular complexity index is 1480. The zero-order chi connectivity index (χ0) is 27.6. The third-order valence-corrected chi connectivity index (χ3v) is 8.89. The van der Waals surface area contributed by atoms with E-state index in [9.17, 15) is 22.8 Å². The quantitative estimate of drug-likeness (QED) is 0.355. The van der Waals surface area contributed by atoms with Crippen LogP contribution >= 0.6 is 12.6 Å². The number of anilines is 1. The fourth-order valence-electron chi connectivity index (χ4n) is 4.46. The van der Waals surface area contributed by atoms with Gasteiger partial charge in [-0.05, 0) is 53.6 Å². The minimum Gasteiger partial charge on any atom is -0.465 e. The molecule has 200 valence electrons. The molecule has 0 radical (unpaired) electrons. The molecule has 2 amide bonds. The number of sulfonamides is 1. The number of methoxy groups -OCH3 is 1. The number of rotatable bonds is 7. The van der Waals surface area contributed by atoms with Crippen molar-refractivity contribution in [3.05, 3.63) is 72.3 Å². The molecule has 38 heavy (non-hydrogen) atoms. The number of carbonyl (C=O) groups excluding carboxylic acids is 3. The molecular weight excluding hydrogens is 526 g/mol. The van der Waals surface area contributed by atoms with Crippen molar-refractivity contribution in [1.29, 1.82) is 0 Å². The fraction of sp³-hybridized carbons (Fsp3) is 0.296. The van der Waals surface area contributed by atoms with Gasteiger partial charge in [-0.1, -0.05) is 30.3 Å². The molecule has 3 aromatic rings. The van der Waals surface area contributed by atoms with Gasteiger partial charge in [-0.2, -0.15) is 16.9 Å². The van der Waals surface area contributed by atoms with Crippen LogP contribution in [0.5, 0.6) is 0 Å². The molecule has 0 spiro atoms. The van der Waals surface area contributed by atoms with Crippen LogP contribution in [0.4, 0.5) is 5.69 Å². The Kier molecular flexibility index (Phi) is 8.10. The highest BCUT2D eigenvalue weighted by molar-refractivity contribution is 7.89. The normalized spacial score (nSPS) is 17.8. The van der Waals surface area contributed by atoms with Crippen LogP contribution in [-0.2, 0) is 24.3 Å². The minimum absolute atomic E-state index is 0.0862. The second kappa shape index (κ2) is 11.1. The van der Waals surface area contributed by atoms with Crippen LogP contribution in [0, 0.1) is 0 Å². The van der Waals surface area contributed by atoms with Gasteiger partial charge in [0.05, 0.1) is 24.1 Å². The van der Waals surface area contributed by atoms with E-state index in [1.165, 1.54) is 28.3 Å². The summed E-state index contributed by atoms with van der Waals surface area (Å²) in [6, 6.07) is 17.6. The Labute approximate surface area is 227 Å². The van der Waals surface area contributed by atoms with E-state index in [2.05, 4.69) is 17.4 Å². The van der Waals surface area contributed by atoms with Gasteiger partial charge in [0.25, 0.3) is 0 Å². The summed E-state index contributed by atoms with van der Waals surface area (Å²) >= 11 is 4.47.